The van der Waals surface area contributed by atoms with Crippen molar-refractivity contribution in [2.45, 2.75) is 58.1 Å². The number of carbonyl (C=O) groups is 1. The average molecular weight is 389 g/mol. The number of anilines is 1. The molecule has 0 unspecified atom stereocenters. The van der Waals surface area contributed by atoms with Gasteiger partial charge >= 0.3 is 6.09 Å². The van der Waals surface area contributed by atoms with Gasteiger partial charge < -0.3 is 15.4 Å². The fourth-order valence-corrected chi connectivity index (χ4v) is 3.98. The Morgan fingerprint density at radius 2 is 2.00 bits per heavy atom. The first-order valence-corrected chi connectivity index (χ1v) is 10.4. The standard InChI is InChI=1S/C20H28N4O2S/c1-20(2,3)26-19(25)22-12-14-7-9-15(10-8-14)23-18-24-17(13-27-18)16-6-4-5-11-21-16/h4-6,11,13-15H,7-10,12H2,1-3H3,(H,22,25)(H,23,24). The molecule has 0 bridgehead atoms. The van der Waals surface area contributed by atoms with Crippen molar-refractivity contribution >= 4 is 22.6 Å². The average Bonchev–Trinajstić information content (AvgIpc) is 3.09. The number of rotatable bonds is 5. The number of nitrogens with zero attached hydrogens (tertiary/aromatic N) is 2. The van der Waals surface area contributed by atoms with Crippen molar-refractivity contribution in [1.82, 2.24) is 15.3 Å². The first-order chi connectivity index (χ1) is 12.9. The number of hydrogen-bond acceptors (Lipinski definition) is 6. The van der Waals surface area contributed by atoms with Crippen molar-refractivity contribution in [3.63, 3.8) is 0 Å². The molecule has 1 aliphatic carbocycles. The molecule has 3 rings (SSSR count). The highest BCUT2D eigenvalue weighted by Crippen LogP contribution is 2.29. The molecular weight excluding hydrogens is 360 g/mol. The second kappa shape index (κ2) is 8.69. The van der Waals surface area contributed by atoms with Gasteiger partial charge in [-0.05, 0) is 64.5 Å². The molecule has 2 aromatic rings. The second-order valence-corrected chi connectivity index (χ2v) is 8.86. The number of nitrogens with one attached hydrogen (secondary N) is 2. The summed E-state index contributed by atoms with van der Waals surface area (Å²) in [5.74, 6) is 0.510. The third-order valence-corrected chi connectivity index (χ3v) is 5.31. The van der Waals surface area contributed by atoms with Crippen LogP contribution in [0.2, 0.25) is 0 Å². The highest BCUT2D eigenvalue weighted by atomic mass is 32.1. The molecule has 0 spiro atoms. The number of alkyl carbamates (subject to hydrolysis) is 1. The van der Waals surface area contributed by atoms with Crippen LogP contribution in [0.25, 0.3) is 11.4 Å². The monoisotopic (exact) mass is 388 g/mol. The highest BCUT2D eigenvalue weighted by Gasteiger charge is 2.23. The summed E-state index contributed by atoms with van der Waals surface area (Å²) in [7, 11) is 0. The smallest absolute Gasteiger partial charge is 0.407 e. The molecule has 1 saturated carbocycles. The van der Waals surface area contributed by atoms with Gasteiger partial charge in [0, 0.05) is 24.2 Å². The van der Waals surface area contributed by atoms with E-state index in [0.29, 0.717) is 18.5 Å². The van der Waals surface area contributed by atoms with E-state index in [-0.39, 0.29) is 6.09 Å². The lowest BCUT2D eigenvalue weighted by Gasteiger charge is -2.29. The van der Waals surface area contributed by atoms with Crippen molar-refractivity contribution in [3.05, 3.63) is 29.8 Å². The lowest BCUT2D eigenvalue weighted by atomic mass is 9.86. The quantitative estimate of drug-likeness (QED) is 0.776. The minimum absolute atomic E-state index is 0.326. The largest absolute Gasteiger partial charge is 0.444 e. The van der Waals surface area contributed by atoms with Crippen molar-refractivity contribution in [2.24, 2.45) is 5.92 Å². The van der Waals surface area contributed by atoms with E-state index in [9.17, 15) is 4.79 Å². The van der Waals surface area contributed by atoms with Crippen molar-refractivity contribution in [1.29, 1.82) is 0 Å². The van der Waals surface area contributed by atoms with Crippen LogP contribution in [0.4, 0.5) is 9.93 Å². The van der Waals surface area contributed by atoms with Crippen LogP contribution in [0.3, 0.4) is 0 Å². The Hall–Kier alpha value is -2.15. The van der Waals surface area contributed by atoms with Gasteiger partial charge in [-0.15, -0.1) is 11.3 Å². The number of ether oxygens (including phenoxy) is 1. The topological polar surface area (TPSA) is 76.1 Å². The molecule has 2 heterocycles. The number of hydrogen-bond donors (Lipinski definition) is 2. The summed E-state index contributed by atoms with van der Waals surface area (Å²) in [5.41, 5.74) is 1.37. The van der Waals surface area contributed by atoms with Gasteiger partial charge in [0.15, 0.2) is 5.13 Å². The molecule has 0 aliphatic heterocycles. The van der Waals surface area contributed by atoms with E-state index in [0.717, 1.165) is 42.2 Å². The molecule has 6 nitrogen and oxygen atoms in total. The fraction of sp³-hybridized carbons (Fsp3) is 0.550. The lowest BCUT2D eigenvalue weighted by molar-refractivity contribution is 0.0515. The van der Waals surface area contributed by atoms with E-state index < -0.39 is 5.60 Å². The molecule has 2 aromatic heterocycles. The molecule has 7 heteroatoms. The van der Waals surface area contributed by atoms with Gasteiger partial charge in [-0.1, -0.05) is 6.07 Å². The van der Waals surface area contributed by atoms with Crippen LogP contribution in [0.15, 0.2) is 29.8 Å². The van der Waals surface area contributed by atoms with Crippen LogP contribution in [0.5, 0.6) is 0 Å². The van der Waals surface area contributed by atoms with Crippen LogP contribution in [0.1, 0.15) is 46.5 Å². The molecule has 0 radical (unpaired) electrons. The SMILES string of the molecule is CC(C)(C)OC(=O)NCC1CCC(Nc2nc(-c3ccccn3)cs2)CC1. The first-order valence-electron chi connectivity index (χ1n) is 9.49. The van der Waals surface area contributed by atoms with Gasteiger partial charge in [0.05, 0.1) is 5.69 Å². The van der Waals surface area contributed by atoms with Crippen molar-refractivity contribution < 1.29 is 9.53 Å². The Kier molecular flexibility index (Phi) is 6.31. The Morgan fingerprint density at radius 3 is 2.67 bits per heavy atom. The summed E-state index contributed by atoms with van der Waals surface area (Å²) in [4.78, 5) is 20.8. The van der Waals surface area contributed by atoms with E-state index in [1.54, 1.807) is 17.5 Å². The third-order valence-electron chi connectivity index (χ3n) is 4.54. The van der Waals surface area contributed by atoms with E-state index in [1.165, 1.54) is 0 Å². The molecule has 0 atom stereocenters. The summed E-state index contributed by atoms with van der Waals surface area (Å²) in [5, 5.41) is 9.44. The Balaban J connectivity index is 1.41. The van der Waals surface area contributed by atoms with Gasteiger partial charge in [0.25, 0.3) is 0 Å². The van der Waals surface area contributed by atoms with Crippen LogP contribution in [-0.4, -0.2) is 34.2 Å². The summed E-state index contributed by atoms with van der Waals surface area (Å²) in [6.45, 7) is 6.31. The summed E-state index contributed by atoms with van der Waals surface area (Å²) in [6, 6.07) is 6.29. The Labute approximate surface area is 164 Å². The highest BCUT2D eigenvalue weighted by molar-refractivity contribution is 7.14. The molecule has 1 amide bonds. The maximum absolute atomic E-state index is 11.8. The summed E-state index contributed by atoms with van der Waals surface area (Å²) < 4.78 is 5.29. The fourth-order valence-electron chi connectivity index (χ4n) is 3.20. The molecule has 146 valence electrons. The number of aromatic nitrogens is 2. The maximum Gasteiger partial charge on any atom is 0.407 e. The Morgan fingerprint density at radius 1 is 1.22 bits per heavy atom. The van der Waals surface area contributed by atoms with Crippen molar-refractivity contribution in [3.8, 4) is 11.4 Å². The predicted octanol–water partition coefficient (Wildman–Crippen LogP) is 4.70. The summed E-state index contributed by atoms with van der Waals surface area (Å²) >= 11 is 1.62. The van der Waals surface area contributed by atoms with Gasteiger partial charge in [-0.3, -0.25) is 4.98 Å². The predicted molar refractivity (Wildman–Crippen MR) is 109 cm³/mol. The molecule has 1 aliphatic rings. The molecule has 2 N–H and O–H groups in total. The van der Waals surface area contributed by atoms with Crippen LogP contribution < -0.4 is 10.6 Å². The zero-order valence-electron chi connectivity index (χ0n) is 16.2. The van der Waals surface area contributed by atoms with E-state index in [2.05, 4.69) is 20.6 Å². The van der Waals surface area contributed by atoms with Gasteiger partial charge in [0.2, 0.25) is 0 Å². The van der Waals surface area contributed by atoms with E-state index in [1.807, 2.05) is 44.4 Å². The summed E-state index contributed by atoms with van der Waals surface area (Å²) in [6.07, 6.45) is 5.80. The first kappa shape index (κ1) is 19.6. The number of carbonyl (C=O) groups excluding carboxylic acids is 1. The zero-order valence-corrected chi connectivity index (χ0v) is 17.0. The zero-order chi connectivity index (χ0) is 19.3. The van der Waals surface area contributed by atoms with Crippen molar-refractivity contribution in [2.75, 3.05) is 11.9 Å². The van der Waals surface area contributed by atoms with Gasteiger partial charge in [-0.25, -0.2) is 9.78 Å². The van der Waals surface area contributed by atoms with Gasteiger partial charge in [0.1, 0.15) is 11.3 Å². The van der Waals surface area contributed by atoms with Crippen LogP contribution in [-0.2, 0) is 4.74 Å². The van der Waals surface area contributed by atoms with Crippen LogP contribution >= 0.6 is 11.3 Å². The van der Waals surface area contributed by atoms with E-state index in [4.69, 9.17) is 4.74 Å². The van der Waals surface area contributed by atoms with Crippen LogP contribution in [0, 0.1) is 5.92 Å². The van der Waals surface area contributed by atoms with E-state index >= 15 is 0 Å². The normalized spacial score (nSPS) is 20.1. The molecule has 1 fully saturated rings. The molecule has 27 heavy (non-hydrogen) atoms. The molecular formula is C20H28N4O2S. The minimum atomic E-state index is -0.451. The molecule has 0 saturated heterocycles. The third kappa shape index (κ3) is 6.20. The second-order valence-electron chi connectivity index (χ2n) is 8.00. The van der Waals surface area contributed by atoms with Gasteiger partial charge in [-0.2, -0.15) is 0 Å². The minimum Gasteiger partial charge on any atom is -0.444 e. The number of thiazole rings is 1. The maximum atomic E-state index is 11.8. The number of amides is 1. The molecule has 0 aromatic carbocycles. The Bertz CT molecular complexity index is 734. The lowest BCUT2D eigenvalue weighted by Crippen LogP contribution is -2.37. The number of pyridine rings is 1.